The fraction of sp³-hybridized carbons (Fsp3) is 0.591. The molecule has 3 rings (SSSR count). The summed E-state index contributed by atoms with van der Waals surface area (Å²) in [6.45, 7) is 2.99. The van der Waals surface area contributed by atoms with Crippen LogP contribution in [0.5, 0.6) is 0 Å². The zero-order chi connectivity index (χ0) is 21.7. The van der Waals surface area contributed by atoms with Crippen LogP contribution in [-0.4, -0.2) is 59.7 Å². The molecule has 1 atom stereocenters. The summed E-state index contributed by atoms with van der Waals surface area (Å²) in [5, 5.41) is 3.12. The maximum Gasteiger partial charge on any atom is 0.257 e. The van der Waals surface area contributed by atoms with Crippen molar-refractivity contribution in [2.45, 2.75) is 51.5 Å². The van der Waals surface area contributed by atoms with Crippen molar-refractivity contribution in [3.05, 3.63) is 34.6 Å². The van der Waals surface area contributed by atoms with E-state index in [1.165, 1.54) is 42.4 Å². The van der Waals surface area contributed by atoms with Crippen LogP contribution in [-0.2, 0) is 9.59 Å². The molecule has 164 valence electrons. The number of benzene rings is 1. The molecule has 1 heterocycles. The highest BCUT2D eigenvalue weighted by Crippen LogP contribution is 2.26. The van der Waals surface area contributed by atoms with Gasteiger partial charge in [0, 0.05) is 37.6 Å². The average Bonchev–Trinajstić information content (AvgIpc) is 2.75. The number of hydrogen-bond donors (Lipinski definition) is 1. The van der Waals surface area contributed by atoms with Gasteiger partial charge in [-0.2, -0.15) is 0 Å². The van der Waals surface area contributed by atoms with Crippen molar-refractivity contribution >= 4 is 29.3 Å². The van der Waals surface area contributed by atoms with Crippen molar-refractivity contribution in [2.75, 3.05) is 26.2 Å². The minimum absolute atomic E-state index is 0.0642. The van der Waals surface area contributed by atoms with Crippen LogP contribution in [0.25, 0.3) is 0 Å². The van der Waals surface area contributed by atoms with E-state index in [1.54, 1.807) is 11.8 Å². The van der Waals surface area contributed by atoms with Gasteiger partial charge in [0.15, 0.2) is 0 Å². The van der Waals surface area contributed by atoms with Crippen molar-refractivity contribution in [1.29, 1.82) is 0 Å². The molecule has 6 nitrogen and oxygen atoms in total. The van der Waals surface area contributed by atoms with Crippen LogP contribution in [0, 0.1) is 11.7 Å². The van der Waals surface area contributed by atoms with Crippen LogP contribution in [0.1, 0.15) is 55.8 Å². The van der Waals surface area contributed by atoms with Gasteiger partial charge < -0.3 is 15.1 Å². The number of carbonyl (C=O) groups excluding carboxylic acids is 3. The second-order valence-electron chi connectivity index (χ2n) is 8.24. The fourth-order valence-electron chi connectivity index (χ4n) is 4.25. The van der Waals surface area contributed by atoms with Gasteiger partial charge in [0.1, 0.15) is 11.9 Å². The van der Waals surface area contributed by atoms with Gasteiger partial charge in [-0.1, -0.05) is 30.9 Å². The Balaban J connectivity index is 1.47. The summed E-state index contributed by atoms with van der Waals surface area (Å²) in [6, 6.07) is 3.29. The summed E-state index contributed by atoms with van der Waals surface area (Å²) in [5.41, 5.74) is -0.0642. The lowest BCUT2D eigenvalue weighted by Gasteiger charge is -2.36. The molecular formula is C22H29ClFN3O3. The summed E-state index contributed by atoms with van der Waals surface area (Å²) < 4.78 is 14.0. The molecule has 2 fully saturated rings. The summed E-state index contributed by atoms with van der Waals surface area (Å²) in [5.74, 6) is -0.864. The third kappa shape index (κ3) is 5.72. The molecule has 1 saturated carbocycles. The monoisotopic (exact) mass is 437 g/mol. The van der Waals surface area contributed by atoms with Crippen LogP contribution >= 0.6 is 11.6 Å². The number of nitrogens with one attached hydrogen (secondary N) is 1. The zero-order valence-corrected chi connectivity index (χ0v) is 18.1. The van der Waals surface area contributed by atoms with Crippen LogP contribution in [0.4, 0.5) is 4.39 Å². The minimum atomic E-state index is -0.614. The number of nitrogens with zero attached hydrogens (tertiary/aromatic N) is 2. The standard InChI is InChI=1S/C22H29ClFN3O3/c1-15(25-20(28)13-16-5-3-2-4-6-16)21(29)26-9-11-27(12-10-26)22(30)18-14-17(23)7-8-19(18)24/h7-8,14-16H,2-6,9-13H2,1H3,(H,25,28). The largest absolute Gasteiger partial charge is 0.345 e. The van der Waals surface area contributed by atoms with E-state index in [2.05, 4.69) is 5.32 Å². The van der Waals surface area contributed by atoms with Gasteiger partial charge in [0.2, 0.25) is 11.8 Å². The summed E-state index contributed by atoms with van der Waals surface area (Å²) >= 11 is 5.88. The van der Waals surface area contributed by atoms with Gasteiger partial charge in [-0.3, -0.25) is 14.4 Å². The second kappa shape index (κ2) is 10.2. The van der Waals surface area contributed by atoms with Crippen molar-refractivity contribution in [3.63, 3.8) is 0 Å². The number of hydrogen-bond acceptors (Lipinski definition) is 3. The van der Waals surface area contributed by atoms with E-state index in [1.807, 2.05) is 0 Å². The Morgan fingerprint density at radius 1 is 1.10 bits per heavy atom. The first kappa shape index (κ1) is 22.5. The Labute approximate surface area is 181 Å². The van der Waals surface area contributed by atoms with Gasteiger partial charge >= 0.3 is 0 Å². The van der Waals surface area contributed by atoms with Gasteiger partial charge in [-0.15, -0.1) is 0 Å². The highest BCUT2D eigenvalue weighted by Gasteiger charge is 2.29. The molecule has 1 N–H and O–H groups in total. The van der Waals surface area contributed by atoms with Crippen molar-refractivity contribution in [3.8, 4) is 0 Å². The average molecular weight is 438 g/mol. The van der Waals surface area contributed by atoms with Gasteiger partial charge in [-0.05, 0) is 43.9 Å². The lowest BCUT2D eigenvalue weighted by Crippen LogP contribution is -2.55. The molecule has 1 aliphatic carbocycles. The van der Waals surface area contributed by atoms with Crippen molar-refractivity contribution < 1.29 is 18.8 Å². The smallest absolute Gasteiger partial charge is 0.257 e. The molecule has 8 heteroatoms. The normalized spacial score (nSPS) is 18.8. The molecule has 1 aromatic rings. The summed E-state index contributed by atoms with van der Waals surface area (Å²) in [7, 11) is 0. The molecule has 1 saturated heterocycles. The Hall–Kier alpha value is -2.15. The van der Waals surface area contributed by atoms with Gasteiger partial charge in [0.05, 0.1) is 5.56 Å². The highest BCUT2D eigenvalue weighted by molar-refractivity contribution is 6.31. The molecule has 2 aliphatic rings. The van der Waals surface area contributed by atoms with Crippen LogP contribution in [0.3, 0.4) is 0 Å². The highest BCUT2D eigenvalue weighted by atomic mass is 35.5. The maximum absolute atomic E-state index is 14.0. The molecular weight excluding hydrogens is 409 g/mol. The van der Waals surface area contributed by atoms with E-state index < -0.39 is 17.8 Å². The Kier molecular flexibility index (Phi) is 7.69. The molecule has 0 bridgehead atoms. The lowest BCUT2D eigenvalue weighted by atomic mass is 9.87. The second-order valence-corrected chi connectivity index (χ2v) is 8.68. The molecule has 0 radical (unpaired) electrons. The first-order valence-electron chi connectivity index (χ1n) is 10.7. The predicted molar refractivity (Wildman–Crippen MR) is 113 cm³/mol. The van der Waals surface area contributed by atoms with Crippen LogP contribution < -0.4 is 5.32 Å². The molecule has 0 spiro atoms. The number of carbonyl (C=O) groups is 3. The van der Waals surface area contributed by atoms with Crippen LogP contribution in [0.15, 0.2) is 18.2 Å². The third-order valence-electron chi connectivity index (χ3n) is 5.98. The number of halogens is 2. The van der Waals surface area contributed by atoms with Crippen LogP contribution in [0.2, 0.25) is 5.02 Å². The number of piperazine rings is 1. The van der Waals surface area contributed by atoms with E-state index in [9.17, 15) is 18.8 Å². The Morgan fingerprint density at radius 2 is 1.73 bits per heavy atom. The predicted octanol–water partition coefficient (Wildman–Crippen LogP) is 3.24. The summed E-state index contributed by atoms with van der Waals surface area (Å²) in [4.78, 5) is 40.7. The molecule has 1 aromatic carbocycles. The first-order valence-corrected chi connectivity index (χ1v) is 11.1. The lowest BCUT2D eigenvalue weighted by molar-refractivity contribution is -0.137. The van der Waals surface area contributed by atoms with Gasteiger partial charge in [-0.25, -0.2) is 4.39 Å². The van der Waals surface area contributed by atoms with E-state index in [4.69, 9.17) is 11.6 Å². The minimum Gasteiger partial charge on any atom is -0.345 e. The maximum atomic E-state index is 14.0. The molecule has 0 aromatic heterocycles. The third-order valence-corrected chi connectivity index (χ3v) is 6.22. The van der Waals surface area contributed by atoms with E-state index in [0.29, 0.717) is 43.5 Å². The van der Waals surface area contributed by atoms with Gasteiger partial charge in [0.25, 0.3) is 5.91 Å². The van der Waals surface area contributed by atoms with E-state index in [-0.39, 0.29) is 17.4 Å². The Morgan fingerprint density at radius 3 is 2.40 bits per heavy atom. The van der Waals surface area contributed by atoms with E-state index in [0.717, 1.165) is 12.8 Å². The molecule has 1 aliphatic heterocycles. The first-order chi connectivity index (χ1) is 14.3. The van der Waals surface area contributed by atoms with E-state index >= 15 is 0 Å². The fourth-order valence-corrected chi connectivity index (χ4v) is 4.42. The SMILES string of the molecule is CC(NC(=O)CC1CCCCC1)C(=O)N1CCN(C(=O)c2cc(Cl)ccc2F)CC1. The van der Waals surface area contributed by atoms with Crippen molar-refractivity contribution in [2.24, 2.45) is 5.92 Å². The zero-order valence-electron chi connectivity index (χ0n) is 17.3. The molecule has 1 unspecified atom stereocenters. The number of rotatable bonds is 5. The van der Waals surface area contributed by atoms with Crippen molar-refractivity contribution in [1.82, 2.24) is 15.1 Å². The molecule has 30 heavy (non-hydrogen) atoms. The topological polar surface area (TPSA) is 69.7 Å². The quantitative estimate of drug-likeness (QED) is 0.768. The summed E-state index contributed by atoms with van der Waals surface area (Å²) in [6.07, 6.45) is 6.23. The molecule has 3 amide bonds. The Bertz CT molecular complexity index is 790. The number of amides is 3.